The zero-order chi connectivity index (χ0) is 15.6. The van der Waals surface area contributed by atoms with Crippen molar-refractivity contribution in [2.24, 2.45) is 0 Å². The van der Waals surface area contributed by atoms with E-state index in [9.17, 15) is 0 Å². The van der Waals surface area contributed by atoms with Gasteiger partial charge in [-0.05, 0) is 43.0 Å². The summed E-state index contributed by atoms with van der Waals surface area (Å²) in [6.07, 6.45) is 3.48. The maximum Gasteiger partial charge on any atom is 0.213 e. The number of pyridine rings is 1. The average Bonchev–Trinajstić information content (AvgIpc) is 2.52. The molecule has 1 heterocycles. The summed E-state index contributed by atoms with van der Waals surface area (Å²) in [7, 11) is 0. The van der Waals surface area contributed by atoms with E-state index in [0.29, 0.717) is 12.5 Å². The maximum atomic E-state index is 6.00. The number of ether oxygens (including phenoxy) is 1. The van der Waals surface area contributed by atoms with Crippen LogP contribution in [0.5, 0.6) is 5.88 Å². The van der Waals surface area contributed by atoms with Crippen molar-refractivity contribution in [3.05, 3.63) is 59.3 Å². The highest BCUT2D eigenvalue weighted by atomic mass is 16.5. The van der Waals surface area contributed by atoms with Crippen molar-refractivity contribution in [2.45, 2.75) is 51.4 Å². The van der Waals surface area contributed by atoms with Crippen LogP contribution in [0.25, 0.3) is 0 Å². The van der Waals surface area contributed by atoms with Crippen LogP contribution in [0.2, 0.25) is 0 Å². The van der Waals surface area contributed by atoms with Gasteiger partial charge in [0.15, 0.2) is 0 Å². The summed E-state index contributed by atoms with van der Waals surface area (Å²) in [6, 6.07) is 16.5. The molecule has 0 radical (unpaired) electrons. The minimum absolute atomic E-state index is 0.0433. The van der Waals surface area contributed by atoms with E-state index in [-0.39, 0.29) is 5.41 Å². The maximum absolute atomic E-state index is 6.00. The predicted molar refractivity (Wildman–Crippen MR) is 88.2 cm³/mol. The molecular formula is C20H23NO. The van der Waals surface area contributed by atoms with E-state index in [1.165, 1.54) is 24.0 Å². The van der Waals surface area contributed by atoms with Crippen molar-refractivity contribution < 1.29 is 4.74 Å². The minimum Gasteiger partial charge on any atom is -0.477 e. The highest BCUT2D eigenvalue weighted by Crippen LogP contribution is 2.31. The van der Waals surface area contributed by atoms with Gasteiger partial charge < -0.3 is 4.74 Å². The zero-order valence-corrected chi connectivity index (χ0v) is 13.6. The zero-order valence-electron chi connectivity index (χ0n) is 13.6. The Labute approximate surface area is 133 Å². The summed E-state index contributed by atoms with van der Waals surface area (Å²) in [5.41, 5.74) is 3.79. The molecule has 0 N–H and O–H groups in total. The van der Waals surface area contributed by atoms with Crippen LogP contribution < -0.4 is 4.74 Å². The lowest BCUT2D eigenvalue weighted by atomic mass is 9.84. The van der Waals surface area contributed by atoms with E-state index in [2.05, 4.69) is 50.0 Å². The standard InChI is InChI=1S/C20H23NO/c1-20(2,3)18-12-7-13-19(21-18)22-14-16-10-6-9-15-8-4-5-11-17(15)16/h5,7,11-13,16H,6,9-10,14H2,1-3H3. The molecule has 0 amide bonds. The highest BCUT2D eigenvalue weighted by molar-refractivity contribution is 5.29. The quantitative estimate of drug-likeness (QED) is 0.832. The number of hydrogen-bond donors (Lipinski definition) is 0. The molecule has 0 fully saturated rings. The van der Waals surface area contributed by atoms with Crippen LogP contribution in [0, 0.1) is 12.1 Å². The predicted octanol–water partition coefficient (Wildman–Crippen LogP) is 4.48. The molecule has 0 saturated carbocycles. The lowest BCUT2D eigenvalue weighted by molar-refractivity contribution is 0.263. The van der Waals surface area contributed by atoms with Gasteiger partial charge in [0.2, 0.25) is 5.88 Å². The summed E-state index contributed by atoms with van der Waals surface area (Å²) >= 11 is 0. The molecule has 1 unspecified atom stereocenters. The summed E-state index contributed by atoms with van der Waals surface area (Å²) < 4.78 is 6.00. The fourth-order valence-electron chi connectivity index (χ4n) is 2.98. The molecule has 1 aliphatic carbocycles. The summed E-state index contributed by atoms with van der Waals surface area (Å²) in [5.74, 6) is 1.17. The van der Waals surface area contributed by atoms with Crippen molar-refractivity contribution >= 4 is 0 Å². The molecule has 2 aromatic rings. The molecule has 1 atom stereocenters. The first-order valence-corrected chi connectivity index (χ1v) is 8.05. The van der Waals surface area contributed by atoms with Gasteiger partial charge in [-0.25, -0.2) is 4.98 Å². The van der Waals surface area contributed by atoms with E-state index in [0.717, 1.165) is 18.0 Å². The Hall–Kier alpha value is -2.01. The van der Waals surface area contributed by atoms with Gasteiger partial charge in [0.1, 0.15) is 0 Å². The minimum atomic E-state index is 0.0433. The number of hydrogen-bond acceptors (Lipinski definition) is 2. The molecule has 114 valence electrons. The van der Waals surface area contributed by atoms with Crippen molar-refractivity contribution in [1.29, 1.82) is 0 Å². The molecule has 0 bridgehead atoms. The van der Waals surface area contributed by atoms with E-state index < -0.39 is 0 Å². The first kappa shape index (κ1) is 14.9. The number of rotatable bonds is 3. The number of nitrogens with zero attached hydrogens (tertiary/aromatic N) is 1. The fraction of sp³-hybridized carbons (Fsp3) is 0.450. The molecule has 3 rings (SSSR count). The van der Waals surface area contributed by atoms with Gasteiger partial charge >= 0.3 is 0 Å². The molecule has 0 spiro atoms. The van der Waals surface area contributed by atoms with Crippen LogP contribution in [0.1, 0.15) is 56.4 Å². The van der Waals surface area contributed by atoms with E-state index in [1.54, 1.807) is 0 Å². The first-order chi connectivity index (χ1) is 10.5. The third kappa shape index (κ3) is 3.25. The van der Waals surface area contributed by atoms with Crippen molar-refractivity contribution in [3.63, 3.8) is 0 Å². The average molecular weight is 293 g/mol. The summed E-state index contributed by atoms with van der Waals surface area (Å²) in [5, 5.41) is 0. The fourth-order valence-corrected chi connectivity index (χ4v) is 2.98. The Morgan fingerprint density at radius 2 is 2.14 bits per heavy atom. The Morgan fingerprint density at radius 3 is 2.95 bits per heavy atom. The summed E-state index contributed by atoms with van der Waals surface area (Å²) in [6.45, 7) is 7.19. The Bertz CT molecular complexity index is 642. The largest absolute Gasteiger partial charge is 0.477 e. The molecule has 22 heavy (non-hydrogen) atoms. The smallest absolute Gasteiger partial charge is 0.213 e. The molecule has 2 heteroatoms. The Kier molecular flexibility index (Phi) is 4.07. The monoisotopic (exact) mass is 293 g/mol. The number of aromatic nitrogens is 1. The van der Waals surface area contributed by atoms with Crippen molar-refractivity contribution in [1.82, 2.24) is 4.98 Å². The van der Waals surface area contributed by atoms with Gasteiger partial charge in [0.05, 0.1) is 6.61 Å². The second kappa shape index (κ2) is 6.01. The van der Waals surface area contributed by atoms with E-state index in [1.807, 2.05) is 18.2 Å². The Balaban J connectivity index is 1.71. The van der Waals surface area contributed by atoms with Gasteiger partial charge in [-0.1, -0.05) is 39.0 Å². The SMILES string of the molecule is CC(C)(C)c1cccc(OCC2CCCc3c#cccc32)n1. The second-order valence-corrected chi connectivity index (χ2v) is 7.05. The van der Waals surface area contributed by atoms with Gasteiger partial charge in [0.25, 0.3) is 0 Å². The van der Waals surface area contributed by atoms with Crippen LogP contribution in [0.15, 0.2) is 30.3 Å². The molecule has 1 aliphatic rings. The van der Waals surface area contributed by atoms with E-state index >= 15 is 0 Å². The molecular weight excluding hydrogens is 270 g/mol. The third-order valence-corrected chi connectivity index (χ3v) is 4.26. The highest BCUT2D eigenvalue weighted by Gasteiger charge is 2.21. The van der Waals surface area contributed by atoms with Gasteiger partial charge in [-0.15, -0.1) is 0 Å². The van der Waals surface area contributed by atoms with Gasteiger partial charge in [-0.3, -0.25) is 0 Å². The molecule has 1 aromatic carbocycles. The molecule has 0 aliphatic heterocycles. The van der Waals surface area contributed by atoms with Crippen molar-refractivity contribution in [3.8, 4) is 5.88 Å². The van der Waals surface area contributed by atoms with Gasteiger partial charge in [-0.2, -0.15) is 0 Å². The molecule has 0 saturated heterocycles. The number of fused-ring (bicyclic) bond motifs is 1. The van der Waals surface area contributed by atoms with Crippen LogP contribution in [0.3, 0.4) is 0 Å². The third-order valence-electron chi connectivity index (χ3n) is 4.26. The lowest BCUT2D eigenvalue weighted by Crippen LogP contribution is -2.18. The first-order valence-electron chi connectivity index (χ1n) is 8.05. The topological polar surface area (TPSA) is 22.1 Å². The second-order valence-electron chi connectivity index (χ2n) is 7.05. The van der Waals surface area contributed by atoms with E-state index in [4.69, 9.17) is 4.74 Å². The van der Waals surface area contributed by atoms with Crippen LogP contribution in [-0.4, -0.2) is 11.6 Å². The summed E-state index contributed by atoms with van der Waals surface area (Å²) in [4.78, 5) is 4.65. The normalized spacial score (nSPS) is 17.5. The Morgan fingerprint density at radius 1 is 1.27 bits per heavy atom. The van der Waals surface area contributed by atoms with Crippen LogP contribution in [0.4, 0.5) is 0 Å². The van der Waals surface area contributed by atoms with Gasteiger partial charge in [0, 0.05) is 28.7 Å². The lowest BCUT2D eigenvalue weighted by Gasteiger charge is -2.24. The molecule has 2 nitrogen and oxygen atoms in total. The van der Waals surface area contributed by atoms with Crippen molar-refractivity contribution in [2.75, 3.05) is 6.61 Å². The molecule has 1 aromatic heterocycles. The van der Waals surface area contributed by atoms with Crippen LogP contribution in [-0.2, 0) is 11.8 Å². The van der Waals surface area contributed by atoms with Crippen LogP contribution >= 0.6 is 0 Å².